The molecule has 1 aromatic heterocycles. The first-order valence-corrected chi connectivity index (χ1v) is 12.1. The number of ether oxygens (including phenoxy) is 1. The lowest BCUT2D eigenvalue weighted by molar-refractivity contribution is 0.302. The van der Waals surface area contributed by atoms with Crippen molar-refractivity contribution in [2.45, 2.75) is 25.0 Å². The van der Waals surface area contributed by atoms with Crippen molar-refractivity contribution in [1.29, 1.82) is 0 Å². The molecule has 0 aliphatic heterocycles. The molecule has 9 heteroatoms. The van der Waals surface area contributed by atoms with Crippen LogP contribution in [0.25, 0.3) is 11.4 Å². The van der Waals surface area contributed by atoms with E-state index < -0.39 is 9.84 Å². The molecule has 0 spiro atoms. The van der Waals surface area contributed by atoms with Gasteiger partial charge in [0, 0.05) is 18.0 Å². The van der Waals surface area contributed by atoms with Crippen LogP contribution in [0.15, 0.2) is 48.8 Å². The lowest BCUT2D eigenvalue weighted by atomic mass is 10.2. The van der Waals surface area contributed by atoms with Gasteiger partial charge in [-0.05, 0) is 42.2 Å². The monoisotopic (exact) mass is 442 g/mol. The number of hydrogen-bond acceptors (Lipinski definition) is 7. The smallest absolute Gasteiger partial charge is 0.230 e. The average molecular weight is 443 g/mol. The highest BCUT2D eigenvalue weighted by Gasteiger charge is 2.21. The maximum absolute atomic E-state index is 13.8. The molecular formula is C22H23FN4O3S. The third kappa shape index (κ3) is 6.21. The van der Waals surface area contributed by atoms with Gasteiger partial charge >= 0.3 is 0 Å². The minimum atomic E-state index is -3.14. The molecule has 0 bridgehead atoms. The van der Waals surface area contributed by atoms with Gasteiger partial charge in [-0.1, -0.05) is 25.0 Å². The molecule has 0 atom stereocenters. The van der Waals surface area contributed by atoms with E-state index in [1.54, 1.807) is 30.3 Å². The second kappa shape index (κ2) is 8.97. The van der Waals surface area contributed by atoms with Gasteiger partial charge in [0.1, 0.15) is 17.9 Å². The Kier molecular flexibility index (Phi) is 6.13. The van der Waals surface area contributed by atoms with Gasteiger partial charge in [-0.2, -0.15) is 4.98 Å². The Morgan fingerprint density at radius 1 is 1.16 bits per heavy atom. The number of nitrogens with one attached hydrogen (secondary N) is 1. The van der Waals surface area contributed by atoms with Gasteiger partial charge in [-0.3, -0.25) is 0 Å². The van der Waals surface area contributed by atoms with Crippen molar-refractivity contribution < 1.29 is 17.5 Å². The van der Waals surface area contributed by atoms with E-state index in [2.05, 4.69) is 20.3 Å². The molecule has 31 heavy (non-hydrogen) atoms. The molecule has 0 radical (unpaired) electrons. The fraction of sp³-hybridized carbons (Fsp3) is 0.318. The summed E-state index contributed by atoms with van der Waals surface area (Å²) in [6.45, 7) is 0.518. The number of benzene rings is 2. The zero-order chi connectivity index (χ0) is 21.8. The Hall–Kier alpha value is -3.07. The molecule has 0 amide bonds. The van der Waals surface area contributed by atoms with E-state index >= 15 is 0 Å². The van der Waals surface area contributed by atoms with Gasteiger partial charge in [0.25, 0.3) is 0 Å². The quantitative estimate of drug-likeness (QED) is 0.532. The van der Waals surface area contributed by atoms with Crippen LogP contribution in [-0.2, 0) is 15.6 Å². The van der Waals surface area contributed by atoms with Crippen molar-refractivity contribution in [3.05, 3.63) is 60.2 Å². The van der Waals surface area contributed by atoms with Crippen molar-refractivity contribution >= 4 is 21.5 Å². The maximum Gasteiger partial charge on any atom is 0.230 e. The molecule has 1 aliphatic carbocycles. The van der Waals surface area contributed by atoms with Crippen molar-refractivity contribution in [1.82, 2.24) is 15.0 Å². The van der Waals surface area contributed by atoms with Crippen LogP contribution in [0.4, 0.5) is 16.0 Å². The molecule has 1 N–H and O–H groups in total. The molecule has 1 heterocycles. The van der Waals surface area contributed by atoms with E-state index in [1.807, 2.05) is 0 Å². The molecule has 0 unspecified atom stereocenters. The second-order valence-electron chi connectivity index (χ2n) is 7.75. The Morgan fingerprint density at radius 3 is 2.77 bits per heavy atom. The van der Waals surface area contributed by atoms with Crippen LogP contribution in [-0.4, -0.2) is 36.2 Å². The molecule has 162 valence electrons. The second-order valence-corrected chi connectivity index (χ2v) is 9.89. The first kappa shape index (κ1) is 21.2. The number of sulfone groups is 1. The van der Waals surface area contributed by atoms with Crippen LogP contribution in [0, 0.1) is 11.7 Å². The van der Waals surface area contributed by atoms with Crippen LogP contribution in [0.2, 0.25) is 0 Å². The molecule has 2 aromatic carbocycles. The predicted octanol–water partition coefficient (Wildman–Crippen LogP) is 4.14. The van der Waals surface area contributed by atoms with Gasteiger partial charge in [0.15, 0.2) is 15.7 Å². The highest BCUT2D eigenvalue weighted by molar-refractivity contribution is 7.89. The van der Waals surface area contributed by atoms with E-state index in [9.17, 15) is 12.8 Å². The summed E-state index contributed by atoms with van der Waals surface area (Å²) in [7, 11) is -3.14. The standard InChI is InChI=1S/C22H23FN4O3S/c1-31(28,29)13-16-3-2-4-18(11-16)26-22-25-14-24-21(27-22)19-8-7-17(23)12-20(19)30-10-9-15-5-6-15/h2-4,7-8,11-12,14-15H,5-6,9-10,13H2,1H3,(H,24,25,26,27). The van der Waals surface area contributed by atoms with Gasteiger partial charge in [0.05, 0.1) is 17.9 Å². The average Bonchev–Trinajstić information content (AvgIpc) is 3.52. The van der Waals surface area contributed by atoms with Gasteiger partial charge < -0.3 is 10.1 Å². The Morgan fingerprint density at radius 2 is 2.00 bits per heavy atom. The summed E-state index contributed by atoms with van der Waals surface area (Å²) < 4.78 is 42.7. The molecule has 4 rings (SSSR count). The Balaban J connectivity index is 1.54. The van der Waals surface area contributed by atoms with Crippen molar-refractivity contribution in [3.63, 3.8) is 0 Å². The zero-order valence-corrected chi connectivity index (χ0v) is 17.9. The highest BCUT2D eigenvalue weighted by Crippen LogP contribution is 2.34. The van der Waals surface area contributed by atoms with Crippen molar-refractivity contribution in [3.8, 4) is 17.1 Å². The number of nitrogens with zero attached hydrogens (tertiary/aromatic N) is 3. The van der Waals surface area contributed by atoms with E-state index in [0.29, 0.717) is 40.9 Å². The van der Waals surface area contributed by atoms with Crippen LogP contribution >= 0.6 is 0 Å². The third-order valence-corrected chi connectivity index (χ3v) is 5.71. The number of aromatic nitrogens is 3. The number of hydrogen-bond donors (Lipinski definition) is 1. The molecule has 1 fully saturated rings. The summed E-state index contributed by atoms with van der Waals surface area (Å²) in [5.74, 6) is 1.31. The largest absolute Gasteiger partial charge is 0.493 e. The van der Waals surface area contributed by atoms with Crippen LogP contribution in [0.5, 0.6) is 5.75 Å². The van der Waals surface area contributed by atoms with Crippen LogP contribution < -0.4 is 10.1 Å². The molecule has 7 nitrogen and oxygen atoms in total. The van der Waals surface area contributed by atoms with Crippen LogP contribution in [0.1, 0.15) is 24.8 Å². The fourth-order valence-electron chi connectivity index (χ4n) is 3.20. The summed E-state index contributed by atoms with van der Waals surface area (Å²) in [6, 6.07) is 11.3. The summed E-state index contributed by atoms with van der Waals surface area (Å²) in [5.41, 5.74) is 1.89. The van der Waals surface area contributed by atoms with Crippen LogP contribution in [0.3, 0.4) is 0 Å². The zero-order valence-electron chi connectivity index (χ0n) is 17.1. The first-order valence-electron chi connectivity index (χ1n) is 10.0. The van der Waals surface area contributed by atoms with E-state index in [4.69, 9.17) is 4.74 Å². The number of halogens is 1. The topological polar surface area (TPSA) is 94.1 Å². The minimum absolute atomic E-state index is 0.0535. The predicted molar refractivity (Wildman–Crippen MR) is 116 cm³/mol. The molecule has 3 aromatic rings. The molecule has 1 aliphatic rings. The van der Waals surface area contributed by atoms with E-state index in [-0.39, 0.29) is 17.5 Å². The maximum atomic E-state index is 13.8. The van der Waals surface area contributed by atoms with E-state index in [1.165, 1.54) is 37.6 Å². The van der Waals surface area contributed by atoms with Crippen molar-refractivity contribution in [2.24, 2.45) is 5.92 Å². The first-order chi connectivity index (χ1) is 14.9. The van der Waals surface area contributed by atoms with Crippen molar-refractivity contribution in [2.75, 3.05) is 18.2 Å². The summed E-state index contributed by atoms with van der Waals surface area (Å²) in [5, 5.41) is 3.07. The Labute approximate surface area is 180 Å². The third-order valence-electron chi connectivity index (χ3n) is 4.85. The van der Waals surface area contributed by atoms with Gasteiger partial charge in [0.2, 0.25) is 5.95 Å². The molecule has 1 saturated carbocycles. The number of rotatable bonds is 9. The summed E-state index contributed by atoms with van der Waals surface area (Å²) in [6.07, 6.45) is 5.96. The molecule has 0 saturated heterocycles. The van der Waals surface area contributed by atoms with Gasteiger partial charge in [-0.15, -0.1) is 0 Å². The highest BCUT2D eigenvalue weighted by atomic mass is 32.2. The number of anilines is 2. The normalized spacial score (nSPS) is 13.7. The Bertz CT molecular complexity index is 1180. The molecular weight excluding hydrogens is 419 g/mol. The lowest BCUT2D eigenvalue weighted by Crippen LogP contribution is -2.04. The summed E-state index contributed by atoms with van der Waals surface area (Å²) in [4.78, 5) is 12.8. The SMILES string of the molecule is CS(=O)(=O)Cc1cccc(Nc2ncnc(-c3ccc(F)cc3OCCC3CC3)n2)c1. The summed E-state index contributed by atoms with van der Waals surface area (Å²) >= 11 is 0. The van der Waals surface area contributed by atoms with E-state index in [0.717, 1.165) is 6.42 Å². The lowest BCUT2D eigenvalue weighted by Gasteiger charge is -2.12. The van der Waals surface area contributed by atoms with Gasteiger partial charge in [-0.25, -0.2) is 22.8 Å². The fourth-order valence-corrected chi connectivity index (χ4v) is 3.98. The minimum Gasteiger partial charge on any atom is -0.493 e.